The van der Waals surface area contributed by atoms with Crippen LogP contribution in [0.25, 0.3) is 0 Å². The van der Waals surface area contributed by atoms with E-state index in [4.69, 9.17) is 0 Å². The lowest BCUT2D eigenvalue weighted by Gasteiger charge is -2.38. The number of amides is 1. The molecule has 1 saturated heterocycles. The van der Waals surface area contributed by atoms with Gasteiger partial charge in [0.2, 0.25) is 0 Å². The van der Waals surface area contributed by atoms with Crippen LogP contribution in [0, 0.1) is 0 Å². The summed E-state index contributed by atoms with van der Waals surface area (Å²) < 4.78 is 0. The first-order chi connectivity index (χ1) is 7.58. The highest BCUT2D eigenvalue weighted by molar-refractivity contribution is 5.92. The second-order valence-electron chi connectivity index (χ2n) is 4.63. The maximum absolute atomic E-state index is 12.1. The normalized spacial score (nSPS) is 19.5. The van der Waals surface area contributed by atoms with Crippen LogP contribution in [0.4, 0.5) is 0 Å². The van der Waals surface area contributed by atoms with E-state index >= 15 is 0 Å². The van der Waals surface area contributed by atoms with Crippen LogP contribution < -0.4 is 5.32 Å². The first-order valence-corrected chi connectivity index (χ1v) is 5.39. The molecule has 5 heteroatoms. The van der Waals surface area contributed by atoms with Crippen molar-refractivity contribution in [1.82, 2.24) is 20.2 Å². The summed E-state index contributed by atoms with van der Waals surface area (Å²) in [6.45, 7) is 6.41. The molecule has 1 aliphatic heterocycles. The highest BCUT2D eigenvalue weighted by Gasteiger charge is 2.29. The molecule has 1 N–H and O–H groups in total. The standard InChI is InChI=1S/C11H16N4O/c1-11(2)8-15(6-5-14-11)10(16)9-7-12-3-4-13-9/h3-4,7,14H,5-6,8H2,1-2H3. The van der Waals surface area contributed by atoms with Crippen molar-refractivity contribution in [2.75, 3.05) is 19.6 Å². The molecule has 0 aliphatic carbocycles. The molecule has 0 spiro atoms. The summed E-state index contributed by atoms with van der Waals surface area (Å²) in [6.07, 6.45) is 4.62. The van der Waals surface area contributed by atoms with Gasteiger partial charge in [0, 0.05) is 37.6 Å². The Morgan fingerprint density at radius 2 is 2.31 bits per heavy atom. The Morgan fingerprint density at radius 3 is 2.94 bits per heavy atom. The lowest BCUT2D eigenvalue weighted by atomic mass is 10.0. The van der Waals surface area contributed by atoms with Gasteiger partial charge in [0.1, 0.15) is 5.69 Å². The highest BCUT2D eigenvalue weighted by Crippen LogP contribution is 2.12. The van der Waals surface area contributed by atoms with Crippen molar-refractivity contribution < 1.29 is 4.79 Å². The molecule has 2 rings (SSSR count). The zero-order chi connectivity index (χ0) is 11.6. The molecule has 0 saturated carbocycles. The van der Waals surface area contributed by atoms with Gasteiger partial charge in [0.05, 0.1) is 6.20 Å². The minimum absolute atomic E-state index is 0.0316. The molecule has 0 unspecified atom stereocenters. The van der Waals surface area contributed by atoms with Crippen LogP contribution in [0.1, 0.15) is 24.3 Å². The van der Waals surface area contributed by atoms with Crippen LogP contribution in [-0.4, -0.2) is 45.9 Å². The number of hydrogen-bond donors (Lipinski definition) is 1. The Kier molecular flexibility index (Phi) is 2.87. The van der Waals surface area contributed by atoms with E-state index in [9.17, 15) is 4.79 Å². The van der Waals surface area contributed by atoms with Gasteiger partial charge in [-0.15, -0.1) is 0 Å². The number of nitrogens with one attached hydrogen (secondary N) is 1. The van der Waals surface area contributed by atoms with Gasteiger partial charge >= 0.3 is 0 Å². The number of aromatic nitrogens is 2. The predicted octanol–water partition coefficient (Wildman–Crippen LogP) is 0.301. The first-order valence-electron chi connectivity index (χ1n) is 5.39. The van der Waals surface area contributed by atoms with E-state index in [0.717, 1.165) is 13.1 Å². The van der Waals surface area contributed by atoms with Crippen LogP contribution >= 0.6 is 0 Å². The average Bonchev–Trinajstić information content (AvgIpc) is 2.28. The number of carbonyl (C=O) groups is 1. The van der Waals surface area contributed by atoms with Crippen molar-refractivity contribution in [1.29, 1.82) is 0 Å². The van der Waals surface area contributed by atoms with Crippen molar-refractivity contribution >= 4 is 5.91 Å². The quantitative estimate of drug-likeness (QED) is 0.739. The van der Waals surface area contributed by atoms with Gasteiger partial charge in [-0.25, -0.2) is 4.98 Å². The maximum atomic E-state index is 12.1. The molecule has 0 aromatic carbocycles. The zero-order valence-electron chi connectivity index (χ0n) is 9.60. The molecule has 1 aromatic heterocycles. The molecule has 5 nitrogen and oxygen atoms in total. The van der Waals surface area contributed by atoms with E-state index in [1.807, 2.05) is 4.90 Å². The SMILES string of the molecule is CC1(C)CN(C(=O)c2cnccn2)CCN1. The smallest absolute Gasteiger partial charge is 0.274 e. The van der Waals surface area contributed by atoms with Crippen molar-refractivity contribution in [3.05, 3.63) is 24.3 Å². The third-order valence-electron chi connectivity index (χ3n) is 2.64. The lowest BCUT2D eigenvalue weighted by molar-refractivity contribution is 0.0646. The topological polar surface area (TPSA) is 58.1 Å². The Morgan fingerprint density at radius 1 is 1.50 bits per heavy atom. The first kappa shape index (κ1) is 11.0. The Labute approximate surface area is 94.9 Å². The predicted molar refractivity (Wildman–Crippen MR) is 60.0 cm³/mol. The van der Waals surface area contributed by atoms with E-state index < -0.39 is 0 Å². The monoisotopic (exact) mass is 220 g/mol. The van der Waals surface area contributed by atoms with Gasteiger partial charge in [-0.2, -0.15) is 0 Å². The second-order valence-corrected chi connectivity index (χ2v) is 4.63. The van der Waals surface area contributed by atoms with Crippen LogP contribution in [-0.2, 0) is 0 Å². The molecule has 1 aliphatic rings. The van der Waals surface area contributed by atoms with Crippen molar-refractivity contribution in [2.24, 2.45) is 0 Å². The molecule has 1 amide bonds. The molecule has 16 heavy (non-hydrogen) atoms. The van der Waals surface area contributed by atoms with Crippen molar-refractivity contribution in [2.45, 2.75) is 19.4 Å². The summed E-state index contributed by atoms with van der Waals surface area (Å²) in [4.78, 5) is 21.8. The summed E-state index contributed by atoms with van der Waals surface area (Å²) in [5, 5.41) is 3.36. The Hall–Kier alpha value is -1.49. The molecular formula is C11H16N4O. The fourth-order valence-electron chi connectivity index (χ4n) is 1.89. The largest absolute Gasteiger partial charge is 0.334 e. The highest BCUT2D eigenvalue weighted by atomic mass is 16.2. The fraction of sp³-hybridized carbons (Fsp3) is 0.545. The average molecular weight is 220 g/mol. The molecule has 2 heterocycles. The van der Waals surface area contributed by atoms with E-state index in [0.29, 0.717) is 12.2 Å². The van der Waals surface area contributed by atoms with Crippen LogP contribution in [0.5, 0.6) is 0 Å². The third-order valence-corrected chi connectivity index (χ3v) is 2.64. The summed E-state index contributed by atoms with van der Waals surface area (Å²) >= 11 is 0. The maximum Gasteiger partial charge on any atom is 0.274 e. The van der Waals surface area contributed by atoms with Gasteiger partial charge in [0.25, 0.3) is 5.91 Å². The minimum atomic E-state index is -0.0392. The van der Waals surface area contributed by atoms with Gasteiger partial charge < -0.3 is 10.2 Å². The molecule has 1 aromatic rings. The van der Waals surface area contributed by atoms with E-state index in [2.05, 4.69) is 29.1 Å². The molecule has 0 radical (unpaired) electrons. The molecule has 86 valence electrons. The summed E-state index contributed by atoms with van der Waals surface area (Å²) in [7, 11) is 0. The van der Waals surface area contributed by atoms with Gasteiger partial charge in [-0.3, -0.25) is 9.78 Å². The fourth-order valence-corrected chi connectivity index (χ4v) is 1.89. The number of rotatable bonds is 1. The summed E-state index contributed by atoms with van der Waals surface area (Å²) in [6, 6.07) is 0. The summed E-state index contributed by atoms with van der Waals surface area (Å²) in [5.74, 6) is -0.0392. The Bertz CT molecular complexity index is 377. The molecule has 1 fully saturated rings. The van der Waals surface area contributed by atoms with Crippen LogP contribution in [0.15, 0.2) is 18.6 Å². The molecular weight excluding hydrogens is 204 g/mol. The number of carbonyl (C=O) groups excluding carboxylic acids is 1. The van der Waals surface area contributed by atoms with E-state index in [1.165, 1.54) is 6.20 Å². The van der Waals surface area contributed by atoms with Crippen molar-refractivity contribution in [3.8, 4) is 0 Å². The van der Waals surface area contributed by atoms with Gasteiger partial charge in [-0.1, -0.05) is 0 Å². The number of nitrogens with zero attached hydrogens (tertiary/aromatic N) is 3. The zero-order valence-corrected chi connectivity index (χ0v) is 9.60. The van der Waals surface area contributed by atoms with E-state index in [1.54, 1.807) is 12.4 Å². The van der Waals surface area contributed by atoms with Crippen LogP contribution in [0.3, 0.4) is 0 Å². The van der Waals surface area contributed by atoms with Gasteiger partial charge in [-0.05, 0) is 13.8 Å². The third kappa shape index (κ3) is 2.36. The van der Waals surface area contributed by atoms with Crippen molar-refractivity contribution in [3.63, 3.8) is 0 Å². The summed E-state index contributed by atoms with van der Waals surface area (Å²) in [5.41, 5.74) is 0.385. The van der Waals surface area contributed by atoms with Crippen LogP contribution in [0.2, 0.25) is 0 Å². The lowest BCUT2D eigenvalue weighted by Crippen LogP contribution is -2.58. The number of piperazine rings is 1. The minimum Gasteiger partial charge on any atom is -0.334 e. The second kappa shape index (κ2) is 4.17. The number of hydrogen-bond acceptors (Lipinski definition) is 4. The molecule has 0 bridgehead atoms. The van der Waals surface area contributed by atoms with Gasteiger partial charge in [0.15, 0.2) is 0 Å². The Balaban J connectivity index is 2.11. The molecule has 0 atom stereocenters. The van der Waals surface area contributed by atoms with E-state index in [-0.39, 0.29) is 11.4 Å².